The molecule has 1 aliphatic heterocycles. The number of piperazine rings is 1. The van der Waals surface area contributed by atoms with Gasteiger partial charge in [-0.15, -0.1) is 0 Å². The summed E-state index contributed by atoms with van der Waals surface area (Å²) in [5.74, 6) is -0.112. The van der Waals surface area contributed by atoms with Crippen LogP contribution in [0.1, 0.15) is 12.5 Å². The van der Waals surface area contributed by atoms with Crippen molar-refractivity contribution < 1.29 is 14.3 Å². The Kier molecular flexibility index (Phi) is 5.94. The summed E-state index contributed by atoms with van der Waals surface area (Å²) >= 11 is 0. The number of amides is 2. The fraction of sp³-hybridized carbons (Fsp3) is 0.438. The lowest BCUT2D eigenvalue weighted by atomic mass is 10.2. The van der Waals surface area contributed by atoms with Gasteiger partial charge in [0.15, 0.2) is 0 Å². The molecule has 7 heteroatoms. The van der Waals surface area contributed by atoms with E-state index in [2.05, 4.69) is 5.32 Å². The lowest BCUT2D eigenvalue weighted by Gasteiger charge is -2.33. The van der Waals surface area contributed by atoms with E-state index < -0.39 is 0 Å². The fourth-order valence-corrected chi connectivity index (χ4v) is 2.34. The molecule has 2 amide bonds. The average molecular weight is 316 g/mol. The average Bonchev–Trinajstić information content (AvgIpc) is 2.56. The predicted molar refractivity (Wildman–Crippen MR) is 84.8 cm³/mol. The number of carbonyl (C=O) groups is 2. The summed E-state index contributed by atoms with van der Waals surface area (Å²) in [6.07, 6.45) is -0.297. The van der Waals surface area contributed by atoms with Crippen molar-refractivity contribution in [1.82, 2.24) is 9.80 Å². The number of ether oxygens (including phenoxy) is 1. The summed E-state index contributed by atoms with van der Waals surface area (Å²) in [6.45, 7) is 4.82. The molecule has 1 aliphatic rings. The van der Waals surface area contributed by atoms with E-state index in [0.717, 1.165) is 0 Å². The van der Waals surface area contributed by atoms with Gasteiger partial charge in [-0.2, -0.15) is 5.26 Å². The molecule has 2 rings (SSSR count). The van der Waals surface area contributed by atoms with E-state index in [9.17, 15) is 9.59 Å². The van der Waals surface area contributed by atoms with Crippen LogP contribution >= 0.6 is 0 Å². The van der Waals surface area contributed by atoms with Crippen LogP contribution in [0.15, 0.2) is 24.3 Å². The van der Waals surface area contributed by atoms with E-state index in [1.807, 2.05) is 11.0 Å². The van der Waals surface area contributed by atoms with Gasteiger partial charge in [-0.3, -0.25) is 9.69 Å². The van der Waals surface area contributed by atoms with Crippen LogP contribution in [-0.4, -0.2) is 61.1 Å². The molecule has 1 N–H and O–H groups in total. The van der Waals surface area contributed by atoms with Crippen molar-refractivity contribution in [1.29, 1.82) is 5.26 Å². The van der Waals surface area contributed by atoms with E-state index in [-0.39, 0.29) is 18.5 Å². The SMILES string of the molecule is CCOC(=O)N1CCN(CC(=O)Nc2ccc(C#N)cc2)CC1. The maximum absolute atomic E-state index is 12.0. The molecule has 0 atom stereocenters. The van der Waals surface area contributed by atoms with E-state index in [1.54, 1.807) is 36.1 Å². The summed E-state index contributed by atoms with van der Waals surface area (Å²) in [7, 11) is 0. The number of hydrogen-bond acceptors (Lipinski definition) is 5. The number of benzene rings is 1. The normalized spacial score (nSPS) is 14.9. The minimum atomic E-state index is -0.297. The van der Waals surface area contributed by atoms with E-state index in [1.165, 1.54) is 0 Å². The highest BCUT2D eigenvalue weighted by Gasteiger charge is 2.23. The van der Waals surface area contributed by atoms with Crippen molar-refractivity contribution in [2.24, 2.45) is 0 Å². The van der Waals surface area contributed by atoms with Crippen LogP contribution < -0.4 is 5.32 Å². The second kappa shape index (κ2) is 8.15. The van der Waals surface area contributed by atoms with Gasteiger partial charge in [-0.05, 0) is 31.2 Å². The molecule has 1 heterocycles. The van der Waals surface area contributed by atoms with Gasteiger partial charge >= 0.3 is 6.09 Å². The first-order valence-corrected chi connectivity index (χ1v) is 7.56. The smallest absolute Gasteiger partial charge is 0.409 e. The van der Waals surface area contributed by atoms with Crippen LogP contribution in [0.3, 0.4) is 0 Å². The van der Waals surface area contributed by atoms with Gasteiger partial charge in [-0.1, -0.05) is 0 Å². The molecular formula is C16H20N4O3. The van der Waals surface area contributed by atoms with Gasteiger partial charge in [0.2, 0.25) is 5.91 Å². The fourth-order valence-electron chi connectivity index (χ4n) is 2.34. The lowest BCUT2D eigenvalue weighted by Crippen LogP contribution is -2.50. The van der Waals surface area contributed by atoms with Gasteiger partial charge in [0.05, 0.1) is 24.8 Å². The summed E-state index contributed by atoms with van der Waals surface area (Å²) in [5, 5.41) is 11.5. The Morgan fingerprint density at radius 2 is 1.87 bits per heavy atom. The monoisotopic (exact) mass is 316 g/mol. The van der Waals surface area contributed by atoms with Gasteiger partial charge in [-0.25, -0.2) is 4.79 Å². The first kappa shape index (κ1) is 16.8. The molecule has 122 valence electrons. The quantitative estimate of drug-likeness (QED) is 0.904. The summed E-state index contributed by atoms with van der Waals surface area (Å²) in [6, 6.07) is 8.76. The Labute approximate surface area is 135 Å². The Hall–Kier alpha value is -2.59. The molecule has 0 aliphatic carbocycles. The number of nitriles is 1. The van der Waals surface area contributed by atoms with E-state index in [4.69, 9.17) is 10.00 Å². The Morgan fingerprint density at radius 3 is 2.43 bits per heavy atom. The van der Waals surface area contributed by atoms with Crippen LogP contribution in [0.25, 0.3) is 0 Å². The number of carbonyl (C=O) groups excluding carboxylic acids is 2. The molecule has 0 spiro atoms. The van der Waals surface area contributed by atoms with E-state index in [0.29, 0.717) is 44.0 Å². The Bertz CT molecular complexity index is 586. The third kappa shape index (κ3) is 4.97. The number of hydrogen-bond donors (Lipinski definition) is 1. The summed E-state index contributed by atoms with van der Waals surface area (Å²) in [4.78, 5) is 27.3. The van der Waals surface area contributed by atoms with Crippen LogP contribution in [0, 0.1) is 11.3 Å². The third-order valence-electron chi connectivity index (χ3n) is 3.56. The first-order valence-electron chi connectivity index (χ1n) is 7.56. The molecule has 0 unspecified atom stereocenters. The van der Waals surface area contributed by atoms with Crippen molar-refractivity contribution in [3.8, 4) is 6.07 Å². The molecule has 1 aromatic carbocycles. The number of rotatable bonds is 4. The zero-order valence-electron chi connectivity index (χ0n) is 13.1. The molecule has 0 aromatic heterocycles. The number of nitrogens with one attached hydrogen (secondary N) is 1. The molecule has 1 aromatic rings. The molecule has 0 bridgehead atoms. The minimum Gasteiger partial charge on any atom is -0.450 e. The minimum absolute atomic E-state index is 0.112. The van der Waals surface area contributed by atoms with Crippen molar-refractivity contribution in [2.45, 2.75) is 6.92 Å². The lowest BCUT2D eigenvalue weighted by molar-refractivity contribution is -0.117. The highest BCUT2D eigenvalue weighted by Crippen LogP contribution is 2.09. The summed E-state index contributed by atoms with van der Waals surface area (Å²) < 4.78 is 4.96. The largest absolute Gasteiger partial charge is 0.450 e. The predicted octanol–water partition coefficient (Wildman–Crippen LogP) is 1.27. The van der Waals surface area contributed by atoms with Crippen LogP contribution in [0.4, 0.5) is 10.5 Å². The number of anilines is 1. The third-order valence-corrected chi connectivity index (χ3v) is 3.56. The van der Waals surface area contributed by atoms with Gasteiger partial charge in [0.25, 0.3) is 0 Å². The molecule has 0 radical (unpaired) electrons. The summed E-state index contributed by atoms with van der Waals surface area (Å²) in [5.41, 5.74) is 1.22. The first-order chi connectivity index (χ1) is 11.1. The molecule has 1 fully saturated rings. The Balaban J connectivity index is 1.76. The second-order valence-corrected chi connectivity index (χ2v) is 5.20. The van der Waals surface area contributed by atoms with Gasteiger partial charge in [0.1, 0.15) is 0 Å². The maximum Gasteiger partial charge on any atom is 0.409 e. The zero-order valence-corrected chi connectivity index (χ0v) is 13.1. The van der Waals surface area contributed by atoms with Crippen LogP contribution in [-0.2, 0) is 9.53 Å². The second-order valence-electron chi connectivity index (χ2n) is 5.20. The maximum atomic E-state index is 12.0. The van der Waals surface area contributed by atoms with Gasteiger partial charge < -0.3 is 15.0 Å². The van der Waals surface area contributed by atoms with Crippen molar-refractivity contribution in [2.75, 3.05) is 44.6 Å². The highest BCUT2D eigenvalue weighted by atomic mass is 16.6. The standard InChI is InChI=1S/C16H20N4O3/c1-2-23-16(22)20-9-7-19(8-10-20)12-15(21)18-14-5-3-13(11-17)4-6-14/h3-6H,2,7-10,12H2,1H3,(H,18,21). The molecule has 0 saturated carbocycles. The van der Waals surface area contributed by atoms with Crippen molar-refractivity contribution in [3.63, 3.8) is 0 Å². The van der Waals surface area contributed by atoms with Crippen molar-refractivity contribution >= 4 is 17.7 Å². The molecule has 1 saturated heterocycles. The van der Waals surface area contributed by atoms with E-state index >= 15 is 0 Å². The zero-order chi connectivity index (χ0) is 16.7. The molecule has 23 heavy (non-hydrogen) atoms. The van der Waals surface area contributed by atoms with Crippen LogP contribution in [0.5, 0.6) is 0 Å². The van der Waals surface area contributed by atoms with Crippen molar-refractivity contribution in [3.05, 3.63) is 29.8 Å². The topological polar surface area (TPSA) is 85.7 Å². The van der Waals surface area contributed by atoms with Gasteiger partial charge in [0, 0.05) is 31.9 Å². The van der Waals surface area contributed by atoms with Crippen LogP contribution in [0.2, 0.25) is 0 Å². The molecule has 7 nitrogen and oxygen atoms in total. The molecular weight excluding hydrogens is 296 g/mol. The number of nitrogens with zero attached hydrogens (tertiary/aromatic N) is 3. The highest BCUT2D eigenvalue weighted by molar-refractivity contribution is 5.92. The Morgan fingerprint density at radius 1 is 1.22 bits per heavy atom.